The summed E-state index contributed by atoms with van der Waals surface area (Å²) < 4.78 is 118. The molecule has 0 amide bonds. The highest BCUT2D eigenvalue weighted by Gasteiger charge is 2.81. The highest BCUT2D eigenvalue weighted by molar-refractivity contribution is 5.51. The molecule has 2 aromatic rings. The number of hydrogen-bond donors (Lipinski definition) is 0. The van der Waals surface area contributed by atoms with Gasteiger partial charge in [0.2, 0.25) is 0 Å². The van der Waals surface area contributed by atoms with E-state index in [0.717, 1.165) is 0 Å². The summed E-state index contributed by atoms with van der Waals surface area (Å²) in [6.07, 6.45) is -5.22. The van der Waals surface area contributed by atoms with Gasteiger partial charge in [0.25, 0.3) is 0 Å². The summed E-state index contributed by atoms with van der Waals surface area (Å²) in [5.41, 5.74) is 0.980. The van der Waals surface area contributed by atoms with Crippen molar-refractivity contribution in [1.29, 1.82) is 0 Å². The van der Waals surface area contributed by atoms with Crippen LogP contribution < -0.4 is 0 Å². The van der Waals surface area contributed by atoms with Gasteiger partial charge in [0.1, 0.15) is 5.69 Å². The molecule has 0 atom stereocenters. The predicted octanol–water partition coefficient (Wildman–Crippen LogP) is 4.32. The summed E-state index contributed by atoms with van der Waals surface area (Å²) in [5.74, 6) is -19.0. The van der Waals surface area contributed by atoms with E-state index in [-0.39, 0.29) is 13.0 Å². The predicted molar refractivity (Wildman–Crippen MR) is 77.0 cm³/mol. The average molecular weight is 423 g/mol. The summed E-state index contributed by atoms with van der Waals surface area (Å²) in [6.45, 7) is -0.0812. The zero-order valence-electron chi connectivity index (χ0n) is 14.2. The van der Waals surface area contributed by atoms with Crippen molar-refractivity contribution in [3.63, 3.8) is 0 Å². The minimum absolute atomic E-state index is 0.0812. The Labute approximate surface area is 152 Å². The van der Waals surface area contributed by atoms with Crippen LogP contribution in [0.2, 0.25) is 0 Å². The number of unbranched alkanes of at least 4 members (excludes halogenated alkanes) is 1. The van der Waals surface area contributed by atoms with Gasteiger partial charge in [-0.2, -0.15) is 39.5 Å². The number of halogens is 9. The van der Waals surface area contributed by atoms with Crippen LogP contribution in [0.5, 0.6) is 0 Å². The largest absolute Gasteiger partial charge is 0.460 e. The van der Waals surface area contributed by atoms with Gasteiger partial charge in [0.05, 0.1) is 24.4 Å². The second-order valence-electron chi connectivity index (χ2n) is 6.06. The van der Waals surface area contributed by atoms with E-state index in [9.17, 15) is 39.5 Å². The molecule has 0 aliphatic rings. The lowest BCUT2D eigenvalue weighted by Gasteiger charge is -2.33. The lowest BCUT2D eigenvalue weighted by atomic mass is 9.99. The van der Waals surface area contributed by atoms with E-state index >= 15 is 0 Å². The van der Waals surface area contributed by atoms with Crippen molar-refractivity contribution in [2.24, 2.45) is 7.05 Å². The van der Waals surface area contributed by atoms with Crippen LogP contribution >= 0.6 is 0 Å². The molecule has 0 saturated carbocycles. The SMILES string of the molecule is Cn1cncc1-c1cn(CCCCC(F)(F)C(F)(F)C(F)(F)C(F)(F)F)nn1. The molecule has 0 aromatic carbocycles. The number of aromatic nitrogens is 5. The number of rotatable bonds is 8. The second-order valence-corrected chi connectivity index (χ2v) is 6.06. The summed E-state index contributed by atoms with van der Waals surface area (Å²) in [5, 5.41) is 7.49. The summed E-state index contributed by atoms with van der Waals surface area (Å²) >= 11 is 0. The van der Waals surface area contributed by atoms with E-state index < -0.39 is 36.8 Å². The fourth-order valence-corrected chi connectivity index (χ4v) is 2.31. The molecule has 0 aliphatic heterocycles. The number of alkyl halides is 9. The highest BCUT2D eigenvalue weighted by atomic mass is 19.4. The van der Waals surface area contributed by atoms with Crippen molar-refractivity contribution >= 4 is 0 Å². The Bertz CT molecular complexity index is 793. The zero-order valence-corrected chi connectivity index (χ0v) is 14.2. The van der Waals surface area contributed by atoms with Crippen molar-refractivity contribution in [3.05, 3.63) is 18.7 Å². The first-order valence-electron chi connectivity index (χ1n) is 7.78. The summed E-state index contributed by atoms with van der Waals surface area (Å²) in [7, 11) is 1.68. The zero-order chi connectivity index (χ0) is 21.4. The van der Waals surface area contributed by atoms with Crippen LogP contribution in [0.1, 0.15) is 19.3 Å². The molecule has 0 spiro atoms. The number of hydrogen-bond acceptors (Lipinski definition) is 3. The normalized spacial score (nSPS) is 13.9. The standard InChI is InChI=1S/C14H14F9N5/c1-27-8-24-6-10(27)9-7-28(26-25-9)5-3-2-4-11(15,16)12(17,18)13(19,20)14(21,22)23/h6-8H,2-5H2,1H3. The van der Waals surface area contributed by atoms with Gasteiger partial charge in [0, 0.05) is 20.0 Å². The van der Waals surface area contributed by atoms with Crippen molar-refractivity contribution < 1.29 is 39.5 Å². The van der Waals surface area contributed by atoms with Crippen LogP contribution in [0.25, 0.3) is 11.4 Å². The van der Waals surface area contributed by atoms with Crippen LogP contribution in [-0.4, -0.2) is 48.5 Å². The van der Waals surface area contributed by atoms with Crippen molar-refractivity contribution in [2.45, 2.75) is 49.8 Å². The quantitative estimate of drug-likeness (QED) is 0.470. The first-order chi connectivity index (χ1) is 12.7. The van der Waals surface area contributed by atoms with E-state index in [1.807, 2.05) is 0 Å². The van der Waals surface area contributed by atoms with Crippen LogP contribution in [0, 0.1) is 0 Å². The van der Waals surface area contributed by atoms with Gasteiger partial charge in [-0.3, -0.25) is 4.68 Å². The Balaban J connectivity index is 1.94. The van der Waals surface area contributed by atoms with Crippen molar-refractivity contribution in [2.75, 3.05) is 0 Å². The molecule has 2 aromatic heterocycles. The lowest BCUT2D eigenvalue weighted by molar-refractivity contribution is -0.396. The second kappa shape index (κ2) is 7.28. The third kappa shape index (κ3) is 3.94. The Morgan fingerprint density at radius 2 is 1.57 bits per heavy atom. The number of aryl methyl sites for hydroxylation is 2. The minimum Gasteiger partial charge on any atom is -0.332 e. The summed E-state index contributed by atoms with van der Waals surface area (Å²) in [4.78, 5) is 3.86. The third-order valence-electron chi connectivity index (χ3n) is 3.96. The van der Waals surface area contributed by atoms with Crippen LogP contribution in [0.15, 0.2) is 18.7 Å². The van der Waals surface area contributed by atoms with Gasteiger partial charge < -0.3 is 4.57 Å². The van der Waals surface area contributed by atoms with Crippen LogP contribution in [0.3, 0.4) is 0 Å². The molecule has 2 heterocycles. The van der Waals surface area contributed by atoms with Crippen LogP contribution in [0.4, 0.5) is 39.5 Å². The van der Waals surface area contributed by atoms with Crippen molar-refractivity contribution in [1.82, 2.24) is 24.5 Å². The Morgan fingerprint density at radius 3 is 2.11 bits per heavy atom. The summed E-state index contributed by atoms with van der Waals surface area (Å²) in [6, 6.07) is 0. The molecule has 0 N–H and O–H groups in total. The van der Waals surface area contributed by atoms with Gasteiger partial charge in [-0.15, -0.1) is 5.10 Å². The topological polar surface area (TPSA) is 48.5 Å². The van der Waals surface area contributed by atoms with E-state index in [2.05, 4.69) is 15.3 Å². The first kappa shape index (κ1) is 22.0. The van der Waals surface area contributed by atoms with Gasteiger partial charge >= 0.3 is 23.9 Å². The van der Waals surface area contributed by atoms with E-state index in [1.54, 1.807) is 11.6 Å². The van der Waals surface area contributed by atoms with E-state index in [0.29, 0.717) is 11.4 Å². The molecule has 0 aliphatic carbocycles. The molecule has 0 saturated heterocycles. The molecule has 0 fully saturated rings. The van der Waals surface area contributed by atoms with Gasteiger partial charge in [-0.1, -0.05) is 5.21 Å². The van der Waals surface area contributed by atoms with Gasteiger partial charge in [-0.05, 0) is 12.8 Å². The monoisotopic (exact) mass is 423 g/mol. The van der Waals surface area contributed by atoms with Crippen molar-refractivity contribution in [3.8, 4) is 11.4 Å². The molecular formula is C14H14F9N5. The molecule has 0 radical (unpaired) electrons. The Kier molecular flexibility index (Phi) is 5.72. The lowest BCUT2D eigenvalue weighted by Crippen LogP contribution is -2.60. The maximum atomic E-state index is 13.4. The number of imidazole rings is 1. The molecule has 0 bridgehead atoms. The smallest absolute Gasteiger partial charge is 0.332 e. The van der Waals surface area contributed by atoms with Gasteiger partial charge in [0.15, 0.2) is 0 Å². The molecule has 2 rings (SSSR count). The third-order valence-corrected chi connectivity index (χ3v) is 3.96. The Hall–Kier alpha value is -2.28. The first-order valence-corrected chi connectivity index (χ1v) is 7.78. The molecule has 158 valence electrons. The average Bonchev–Trinajstić information content (AvgIpc) is 3.18. The molecule has 5 nitrogen and oxygen atoms in total. The molecule has 28 heavy (non-hydrogen) atoms. The molecular weight excluding hydrogens is 409 g/mol. The van der Waals surface area contributed by atoms with Gasteiger partial charge in [-0.25, -0.2) is 4.98 Å². The molecule has 14 heteroatoms. The maximum Gasteiger partial charge on any atom is 0.460 e. The van der Waals surface area contributed by atoms with Crippen LogP contribution in [-0.2, 0) is 13.6 Å². The fourth-order valence-electron chi connectivity index (χ4n) is 2.31. The highest BCUT2D eigenvalue weighted by Crippen LogP contribution is 2.54. The van der Waals surface area contributed by atoms with E-state index in [1.165, 1.54) is 23.4 Å². The fraction of sp³-hybridized carbons (Fsp3) is 0.643. The number of nitrogens with zero attached hydrogens (tertiary/aromatic N) is 5. The minimum atomic E-state index is -6.85. The Morgan fingerprint density at radius 1 is 0.929 bits per heavy atom. The van der Waals surface area contributed by atoms with E-state index in [4.69, 9.17) is 0 Å². The molecule has 0 unspecified atom stereocenters. The maximum absolute atomic E-state index is 13.4.